The zero-order valence-corrected chi connectivity index (χ0v) is 6.58. The Morgan fingerprint density at radius 1 is 1.55 bits per heavy atom. The predicted molar refractivity (Wildman–Crippen MR) is 41.3 cm³/mol. The molecule has 0 aliphatic carbocycles. The summed E-state index contributed by atoms with van der Waals surface area (Å²) in [5, 5.41) is 8.11. The number of pyridine rings is 1. The Hall–Kier alpha value is -1.16. The molecule has 2 aromatic rings. The predicted octanol–water partition coefficient (Wildman–Crippen LogP) is 1.02. The molecule has 2 aromatic heterocycles. The summed E-state index contributed by atoms with van der Waals surface area (Å²) in [7, 11) is 1.78. The summed E-state index contributed by atoms with van der Waals surface area (Å²) >= 11 is 5.79. The van der Waals surface area contributed by atoms with Crippen LogP contribution < -0.4 is 0 Å². The zero-order valence-electron chi connectivity index (χ0n) is 5.82. The van der Waals surface area contributed by atoms with Crippen molar-refractivity contribution in [2.24, 2.45) is 7.05 Å². The SMILES string of the molecule is Cn1nnc2ccnc(Cl)c21. The van der Waals surface area contributed by atoms with E-state index in [2.05, 4.69) is 15.3 Å². The molecule has 11 heavy (non-hydrogen) atoms. The maximum absolute atomic E-state index is 5.79. The van der Waals surface area contributed by atoms with Crippen molar-refractivity contribution >= 4 is 22.6 Å². The van der Waals surface area contributed by atoms with Gasteiger partial charge < -0.3 is 0 Å². The van der Waals surface area contributed by atoms with Crippen LogP contribution in [-0.4, -0.2) is 20.0 Å². The maximum Gasteiger partial charge on any atom is 0.156 e. The summed E-state index contributed by atoms with van der Waals surface area (Å²) in [4.78, 5) is 3.90. The summed E-state index contributed by atoms with van der Waals surface area (Å²) in [6, 6.07) is 1.77. The first kappa shape index (κ1) is 6.54. The highest BCUT2D eigenvalue weighted by Gasteiger charge is 2.04. The van der Waals surface area contributed by atoms with Gasteiger partial charge in [-0.25, -0.2) is 9.67 Å². The van der Waals surface area contributed by atoms with Crippen molar-refractivity contribution in [3.05, 3.63) is 17.4 Å². The fraction of sp³-hybridized carbons (Fsp3) is 0.167. The van der Waals surface area contributed by atoms with Gasteiger partial charge in [0.15, 0.2) is 5.15 Å². The summed E-state index contributed by atoms with van der Waals surface area (Å²) < 4.78 is 1.60. The quantitative estimate of drug-likeness (QED) is 0.552. The van der Waals surface area contributed by atoms with E-state index in [1.54, 1.807) is 24.0 Å². The molecule has 0 spiro atoms. The molecule has 56 valence electrons. The summed E-state index contributed by atoms with van der Waals surface area (Å²) in [6.45, 7) is 0. The Morgan fingerprint density at radius 2 is 2.36 bits per heavy atom. The lowest BCUT2D eigenvalue weighted by Crippen LogP contribution is -1.90. The molecule has 0 unspecified atom stereocenters. The molecular formula is C6H5ClN4. The second-order valence-electron chi connectivity index (χ2n) is 2.18. The van der Waals surface area contributed by atoms with E-state index in [4.69, 9.17) is 11.6 Å². The number of fused-ring (bicyclic) bond motifs is 1. The topological polar surface area (TPSA) is 43.6 Å². The van der Waals surface area contributed by atoms with Gasteiger partial charge in [0.2, 0.25) is 0 Å². The third-order valence-corrected chi connectivity index (χ3v) is 1.75. The van der Waals surface area contributed by atoms with E-state index in [1.165, 1.54) is 0 Å². The van der Waals surface area contributed by atoms with Gasteiger partial charge in [-0.05, 0) is 6.07 Å². The van der Waals surface area contributed by atoms with Crippen molar-refractivity contribution in [2.75, 3.05) is 0 Å². The monoisotopic (exact) mass is 168 g/mol. The van der Waals surface area contributed by atoms with E-state index in [-0.39, 0.29) is 0 Å². The minimum atomic E-state index is 0.440. The van der Waals surface area contributed by atoms with Gasteiger partial charge in [-0.1, -0.05) is 16.8 Å². The number of aromatic nitrogens is 4. The Morgan fingerprint density at radius 3 is 3.09 bits per heavy atom. The highest BCUT2D eigenvalue weighted by atomic mass is 35.5. The first-order valence-electron chi connectivity index (χ1n) is 3.09. The standard InChI is InChI=1S/C6H5ClN4/c1-11-5-4(9-10-11)2-3-8-6(5)7/h2-3H,1H3. The third-order valence-electron chi connectivity index (χ3n) is 1.47. The number of rotatable bonds is 0. The van der Waals surface area contributed by atoms with Crippen LogP contribution in [0.3, 0.4) is 0 Å². The van der Waals surface area contributed by atoms with Crippen LogP contribution in [-0.2, 0) is 7.05 Å². The van der Waals surface area contributed by atoms with Crippen LogP contribution in [0.2, 0.25) is 5.15 Å². The lowest BCUT2D eigenvalue weighted by molar-refractivity contribution is 0.736. The van der Waals surface area contributed by atoms with Gasteiger partial charge in [-0.15, -0.1) is 5.10 Å². The molecule has 0 saturated carbocycles. The molecule has 0 N–H and O–H groups in total. The molecule has 0 radical (unpaired) electrons. The molecule has 0 bridgehead atoms. The van der Waals surface area contributed by atoms with E-state index in [9.17, 15) is 0 Å². The number of aryl methyl sites for hydroxylation is 1. The highest BCUT2D eigenvalue weighted by Crippen LogP contribution is 2.16. The van der Waals surface area contributed by atoms with Crippen LogP contribution in [0.25, 0.3) is 11.0 Å². The van der Waals surface area contributed by atoms with E-state index < -0.39 is 0 Å². The van der Waals surface area contributed by atoms with Crippen molar-refractivity contribution in [3.8, 4) is 0 Å². The van der Waals surface area contributed by atoms with Crippen molar-refractivity contribution in [1.29, 1.82) is 0 Å². The van der Waals surface area contributed by atoms with Crippen molar-refractivity contribution < 1.29 is 0 Å². The average molecular weight is 169 g/mol. The van der Waals surface area contributed by atoms with Gasteiger partial charge in [-0.3, -0.25) is 0 Å². The second-order valence-corrected chi connectivity index (χ2v) is 2.54. The second kappa shape index (κ2) is 2.17. The van der Waals surface area contributed by atoms with Crippen LogP contribution in [0.5, 0.6) is 0 Å². The Balaban J connectivity index is 2.96. The van der Waals surface area contributed by atoms with Crippen LogP contribution in [0.15, 0.2) is 12.3 Å². The van der Waals surface area contributed by atoms with E-state index in [1.807, 2.05) is 0 Å². The smallest absolute Gasteiger partial charge is 0.156 e. The normalized spacial score (nSPS) is 10.7. The molecule has 5 heteroatoms. The molecule has 2 rings (SSSR count). The Bertz CT molecular complexity index is 394. The largest absolute Gasteiger partial charge is 0.245 e. The molecule has 0 amide bonds. The zero-order chi connectivity index (χ0) is 7.84. The summed E-state index contributed by atoms with van der Waals surface area (Å²) in [5.74, 6) is 0. The molecule has 2 heterocycles. The molecule has 0 aliphatic rings. The minimum absolute atomic E-state index is 0.440. The summed E-state index contributed by atoms with van der Waals surface area (Å²) in [6.07, 6.45) is 1.61. The van der Waals surface area contributed by atoms with Gasteiger partial charge in [0.05, 0.1) is 0 Å². The van der Waals surface area contributed by atoms with Crippen LogP contribution in [0, 0.1) is 0 Å². The van der Waals surface area contributed by atoms with Crippen LogP contribution >= 0.6 is 11.6 Å². The lowest BCUT2D eigenvalue weighted by Gasteiger charge is -1.92. The van der Waals surface area contributed by atoms with E-state index >= 15 is 0 Å². The highest BCUT2D eigenvalue weighted by molar-refractivity contribution is 6.33. The van der Waals surface area contributed by atoms with Gasteiger partial charge in [0.1, 0.15) is 11.0 Å². The number of hydrogen-bond donors (Lipinski definition) is 0. The van der Waals surface area contributed by atoms with Gasteiger partial charge in [0.25, 0.3) is 0 Å². The molecule has 0 aliphatic heterocycles. The van der Waals surface area contributed by atoms with Gasteiger partial charge in [0, 0.05) is 13.2 Å². The van der Waals surface area contributed by atoms with Gasteiger partial charge in [-0.2, -0.15) is 0 Å². The number of halogens is 1. The van der Waals surface area contributed by atoms with Crippen LogP contribution in [0.4, 0.5) is 0 Å². The first-order valence-corrected chi connectivity index (χ1v) is 3.47. The number of nitrogens with zero attached hydrogens (tertiary/aromatic N) is 4. The van der Waals surface area contributed by atoms with Crippen LogP contribution in [0.1, 0.15) is 0 Å². The van der Waals surface area contributed by atoms with E-state index in [0.29, 0.717) is 5.15 Å². The molecule has 0 fully saturated rings. The van der Waals surface area contributed by atoms with Crippen molar-refractivity contribution in [2.45, 2.75) is 0 Å². The third kappa shape index (κ3) is 0.867. The fourth-order valence-corrected chi connectivity index (χ4v) is 1.23. The average Bonchev–Trinajstić information content (AvgIpc) is 2.34. The first-order chi connectivity index (χ1) is 5.29. The maximum atomic E-state index is 5.79. The molecule has 0 atom stereocenters. The molecule has 0 aromatic carbocycles. The lowest BCUT2D eigenvalue weighted by atomic mass is 10.4. The van der Waals surface area contributed by atoms with E-state index in [0.717, 1.165) is 11.0 Å². The van der Waals surface area contributed by atoms with Crippen molar-refractivity contribution in [3.63, 3.8) is 0 Å². The fourth-order valence-electron chi connectivity index (χ4n) is 0.959. The Labute approximate surface area is 67.8 Å². The van der Waals surface area contributed by atoms with Gasteiger partial charge >= 0.3 is 0 Å². The Kier molecular flexibility index (Phi) is 1.29. The molecular weight excluding hydrogens is 164 g/mol. The number of hydrogen-bond acceptors (Lipinski definition) is 3. The minimum Gasteiger partial charge on any atom is -0.245 e. The molecule has 0 saturated heterocycles. The van der Waals surface area contributed by atoms with Crippen molar-refractivity contribution in [1.82, 2.24) is 20.0 Å². The summed E-state index contributed by atoms with van der Waals surface area (Å²) in [5.41, 5.74) is 1.54. The molecule has 4 nitrogen and oxygen atoms in total.